The molecule has 162 valence electrons. The molecule has 0 unspecified atom stereocenters. The number of hydrogen-bond donors (Lipinski definition) is 1. The van der Waals surface area contributed by atoms with Gasteiger partial charge in [0, 0.05) is 18.2 Å². The zero-order valence-corrected chi connectivity index (χ0v) is 18.2. The summed E-state index contributed by atoms with van der Waals surface area (Å²) in [6, 6.07) is 10.1. The Kier molecular flexibility index (Phi) is 5.40. The molecule has 0 saturated carbocycles. The smallest absolute Gasteiger partial charge is 0.265 e. The second kappa shape index (κ2) is 8.03. The number of hydrogen-bond acceptors (Lipinski definition) is 7. The van der Waals surface area contributed by atoms with E-state index in [2.05, 4.69) is 14.9 Å². The number of carbonyl (C=O) groups excluding carboxylic acids is 1. The summed E-state index contributed by atoms with van der Waals surface area (Å²) in [5.74, 6) is 0.876. The molecule has 1 amide bonds. The van der Waals surface area contributed by atoms with Crippen molar-refractivity contribution >= 4 is 27.3 Å². The Morgan fingerprint density at radius 1 is 1.16 bits per heavy atom. The zero-order valence-electron chi connectivity index (χ0n) is 17.4. The largest absolute Gasteiger partial charge is 0.482 e. The molecule has 31 heavy (non-hydrogen) atoms. The Balaban J connectivity index is 1.66. The van der Waals surface area contributed by atoms with Gasteiger partial charge in [0.2, 0.25) is 5.89 Å². The van der Waals surface area contributed by atoms with E-state index in [4.69, 9.17) is 9.26 Å². The third kappa shape index (κ3) is 4.24. The molecule has 4 rings (SSSR count). The van der Waals surface area contributed by atoms with Crippen LogP contribution in [0.2, 0.25) is 0 Å². The van der Waals surface area contributed by atoms with Gasteiger partial charge in [-0.2, -0.15) is 4.98 Å². The molecule has 10 heteroatoms. The van der Waals surface area contributed by atoms with Gasteiger partial charge in [-0.3, -0.25) is 14.4 Å². The highest BCUT2D eigenvalue weighted by Gasteiger charge is 2.30. The van der Waals surface area contributed by atoms with Gasteiger partial charge in [0.25, 0.3) is 15.9 Å². The minimum atomic E-state index is -3.85. The molecule has 1 N–H and O–H groups in total. The van der Waals surface area contributed by atoms with E-state index in [-0.39, 0.29) is 24.0 Å². The van der Waals surface area contributed by atoms with Crippen LogP contribution < -0.4 is 14.4 Å². The normalized spacial score (nSPS) is 13.6. The Morgan fingerprint density at radius 2 is 1.90 bits per heavy atom. The summed E-state index contributed by atoms with van der Waals surface area (Å²) >= 11 is 0. The van der Waals surface area contributed by atoms with Crippen LogP contribution in [0.4, 0.5) is 11.4 Å². The van der Waals surface area contributed by atoms with Crippen molar-refractivity contribution < 1.29 is 22.5 Å². The fourth-order valence-corrected chi connectivity index (χ4v) is 4.57. The topological polar surface area (TPSA) is 115 Å². The lowest BCUT2D eigenvalue weighted by molar-refractivity contribution is -0.121. The van der Waals surface area contributed by atoms with Crippen molar-refractivity contribution in [2.24, 2.45) is 0 Å². The van der Waals surface area contributed by atoms with Crippen LogP contribution in [-0.2, 0) is 27.8 Å². The Bertz CT molecular complexity index is 1240. The van der Waals surface area contributed by atoms with E-state index in [1.54, 1.807) is 25.1 Å². The van der Waals surface area contributed by atoms with Gasteiger partial charge in [0.1, 0.15) is 5.75 Å². The summed E-state index contributed by atoms with van der Waals surface area (Å²) in [5, 5.41) is 3.89. The monoisotopic (exact) mass is 442 g/mol. The van der Waals surface area contributed by atoms with Crippen LogP contribution in [-0.4, -0.2) is 31.1 Å². The van der Waals surface area contributed by atoms with Crippen molar-refractivity contribution in [3.05, 3.63) is 59.2 Å². The first-order valence-electron chi connectivity index (χ1n) is 9.75. The molecule has 2 aromatic carbocycles. The third-order valence-corrected chi connectivity index (χ3v) is 6.43. The van der Waals surface area contributed by atoms with Crippen molar-refractivity contribution in [2.45, 2.75) is 38.6 Å². The Labute approximate surface area is 180 Å². The predicted octanol–water partition coefficient (Wildman–Crippen LogP) is 2.98. The number of amides is 1. The highest BCUT2D eigenvalue weighted by Crippen LogP contribution is 2.37. The van der Waals surface area contributed by atoms with Crippen molar-refractivity contribution in [1.82, 2.24) is 10.1 Å². The average Bonchev–Trinajstić information content (AvgIpc) is 3.19. The summed E-state index contributed by atoms with van der Waals surface area (Å²) in [5.41, 5.74) is 2.43. The van der Waals surface area contributed by atoms with Crippen LogP contribution >= 0.6 is 0 Å². The minimum absolute atomic E-state index is 0.0777. The number of anilines is 2. The third-order valence-electron chi connectivity index (χ3n) is 4.90. The number of aromatic nitrogens is 2. The van der Waals surface area contributed by atoms with Crippen LogP contribution in [0.25, 0.3) is 0 Å². The summed E-state index contributed by atoms with van der Waals surface area (Å²) < 4.78 is 39.2. The van der Waals surface area contributed by atoms with Crippen molar-refractivity contribution in [3.63, 3.8) is 0 Å². The molecule has 0 bridgehead atoms. The van der Waals surface area contributed by atoms with E-state index in [9.17, 15) is 13.2 Å². The highest BCUT2D eigenvalue weighted by molar-refractivity contribution is 7.92. The first-order valence-corrected chi connectivity index (χ1v) is 11.2. The molecule has 0 spiro atoms. The van der Waals surface area contributed by atoms with Gasteiger partial charge in [-0.15, -0.1) is 0 Å². The molecule has 1 aromatic heterocycles. The van der Waals surface area contributed by atoms with Crippen LogP contribution in [0.3, 0.4) is 0 Å². The lowest BCUT2D eigenvalue weighted by atomic mass is 10.1. The molecule has 0 fully saturated rings. The molecular weight excluding hydrogens is 420 g/mol. The molecule has 0 atom stereocenters. The number of aryl methyl sites for hydroxylation is 3. The maximum Gasteiger partial charge on any atom is 0.265 e. The average molecular weight is 442 g/mol. The van der Waals surface area contributed by atoms with E-state index < -0.39 is 10.0 Å². The highest BCUT2D eigenvalue weighted by atomic mass is 32.2. The fraction of sp³-hybridized carbons (Fsp3) is 0.286. The molecule has 0 aliphatic carbocycles. The number of rotatable bonds is 6. The lowest BCUT2D eigenvalue weighted by Crippen LogP contribution is -2.38. The summed E-state index contributed by atoms with van der Waals surface area (Å²) in [7, 11) is -3.85. The molecule has 9 nitrogen and oxygen atoms in total. The maximum absolute atomic E-state index is 13.0. The van der Waals surface area contributed by atoms with Crippen LogP contribution in [0.1, 0.15) is 29.8 Å². The number of carbonyl (C=O) groups is 1. The lowest BCUT2D eigenvalue weighted by Gasteiger charge is -2.29. The quantitative estimate of drug-likeness (QED) is 0.624. The second-order valence-corrected chi connectivity index (χ2v) is 8.93. The molecule has 2 heterocycles. The first-order chi connectivity index (χ1) is 14.8. The number of ether oxygens (including phenoxy) is 1. The fourth-order valence-electron chi connectivity index (χ4n) is 3.27. The van der Waals surface area contributed by atoms with Gasteiger partial charge in [-0.05, 0) is 37.6 Å². The number of fused-ring (bicyclic) bond motifs is 1. The first kappa shape index (κ1) is 20.9. The van der Waals surface area contributed by atoms with Gasteiger partial charge in [-0.25, -0.2) is 8.42 Å². The van der Waals surface area contributed by atoms with Gasteiger partial charge in [-0.1, -0.05) is 29.8 Å². The molecule has 3 aromatic rings. The second-order valence-electron chi connectivity index (χ2n) is 7.28. The van der Waals surface area contributed by atoms with E-state index >= 15 is 0 Å². The number of nitrogens with one attached hydrogen (secondary N) is 1. The Morgan fingerprint density at radius 3 is 2.58 bits per heavy atom. The van der Waals surface area contributed by atoms with E-state index in [0.717, 1.165) is 5.56 Å². The molecule has 1 aliphatic rings. The van der Waals surface area contributed by atoms with Crippen molar-refractivity contribution in [1.29, 1.82) is 0 Å². The van der Waals surface area contributed by atoms with Crippen LogP contribution in [0.15, 0.2) is 45.8 Å². The zero-order chi connectivity index (χ0) is 22.2. The minimum Gasteiger partial charge on any atom is -0.482 e. The van der Waals surface area contributed by atoms with Gasteiger partial charge in [0.05, 0.1) is 17.1 Å². The summed E-state index contributed by atoms with van der Waals surface area (Å²) in [6.07, 6.45) is 0.592. The maximum atomic E-state index is 13.0. The predicted molar refractivity (Wildman–Crippen MR) is 114 cm³/mol. The van der Waals surface area contributed by atoms with Gasteiger partial charge < -0.3 is 9.26 Å². The number of benzene rings is 2. The molecule has 1 aliphatic heterocycles. The number of sulfonamides is 1. The van der Waals surface area contributed by atoms with Crippen LogP contribution in [0, 0.1) is 13.8 Å². The van der Waals surface area contributed by atoms with Crippen molar-refractivity contribution in [3.8, 4) is 5.75 Å². The molecule has 0 radical (unpaired) electrons. The Hall–Kier alpha value is -3.40. The summed E-state index contributed by atoms with van der Waals surface area (Å²) in [4.78, 5) is 18.3. The van der Waals surface area contributed by atoms with Crippen molar-refractivity contribution in [2.75, 3.05) is 16.2 Å². The molecule has 0 saturated heterocycles. The SMILES string of the molecule is CCc1nc(CN2C(=O)COc3cc(S(=O)(=O)Nc4ccc(C)cc4)c(C)cc32)no1. The van der Waals surface area contributed by atoms with E-state index in [0.29, 0.717) is 40.8 Å². The summed E-state index contributed by atoms with van der Waals surface area (Å²) in [6.45, 7) is 5.38. The van der Waals surface area contributed by atoms with E-state index in [1.807, 2.05) is 26.0 Å². The van der Waals surface area contributed by atoms with Gasteiger partial charge in [0.15, 0.2) is 12.4 Å². The van der Waals surface area contributed by atoms with Gasteiger partial charge >= 0.3 is 0 Å². The van der Waals surface area contributed by atoms with Crippen LogP contribution in [0.5, 0.6) is 5.75 Å². The standard InChI is InChI=1S/C21H22N4O5S/c1-4-20-22-19(23-30-20)11-25-16-9-14(3)18(10-17(16)29-12-21(25)26)31(27,28)24-15-7-5-13(2)6-8-15/h5-10,24H,4,11-12H2,1-3H3. The number of nitrogens with zero attached hydrogens (tertiary/aromatic N) is 3. The van der Waals surface area contributed by atoms with E-state index in [1.165, 1.54) is 11.0 Å². The molecular formula is C21H22N4O5S.